The van der Waals surface area contributed by atoms with Crippen LogP contribution in [0.4, 0.5) is 10.1 Å². The summed E-state index contributed by atoms with van der Waals surface area (Å²) in [6.07, 6.45) is 7.30. The molecule has 31 heavy (non-hydrogen) atoms. The van der Waals surface area contributed by atoms with Crippen molar-refractivity contribution in [3.63, 3.8) is 0 Å². The number of anilines is 1. The van der Waals surface area contributed by atoms with Gasteiger partial charge in [0.25, 0.3) is 5.91 Å². The predicted molar refractivity (Wildman–Crippen MR) is 123 cm³/mol. The smallest absolute Gasteiger partial charge is 0.251 e. The van der Waals surface area contributed by atoms with Crippen LogP contribution in [0.25, 0.3) is 0 Å². The summed E-state index contributed by atoms with van der Waals surface area (Å²) < 4.78 is 13.1. The topological polar surface area (TPSA) is 116 Å². The zero-order valence-electron chi connectivity index (χ0n) is 18.0. The number of aliphatic hydroxyl groups excluding tert-OH is 1. The minimum atomic E-state index is -0.533. The van der Waals surface area contributed by atoms with Crippen molar-refractivity contribution in [2.75, 3.05) is 25.4 Å². The number of carbonyl (C=O) groups is 2. The fourth-order valence-corrected chi connectivity index (χ4v) is 4.42. The highest BCUT2D eigenvalue weighted by atomic mass is 32.2. The van der Waals surface area contributed by atoms with Crippen molar-refractivity contribution in [2.24, 2.45) is 0 Å². The standard InChI is InChI=1S/C22H33FN4O3S/c1-15(13-27-20-9-7-17(14-28)31-20)21(29)25-10-4-2-3-5-11-26-22(30)16-6-8-18(23)19(24)12-16/h6,8,12-13,17,20,27-28H,2-5,7,9-11,14,24H2,1H3,(H,25,29)(H,26,30)/b15-13-/t17-,20+/m0/s1. The van der Waals surface area contributed by atoms with Gasteiger partial charge in [0.05, 0.1) is 17.7 Å². The highest BCUT2D eigenvalue weighted by Crippen LogP contribution is 2.31. The van der Waals surface area contributed by atoms with Gasteiger partial charge in [0.1, 0.15) is 5.82 Å². The van der Waals surface area contributed by atoms with Crippen molar-refractivity contribution in [1.29, 1.82) is 0 Å². The van der Waals surface area contributed by atoms with Crippen LogP contribution in [-0.4, -0.2) is 47.2 Å². The molecule has 1 aromatic carbocycles. The van der Waals surface area contributed by atoms with Crippen LogP contribution in [0.1, 0.15) is 55.8 Å². The van der Waals surface area contributed by atoms with Gasteiger partial charge >= 0.3 is 0 Å². The van der Waals surface area contributed by atoms with Gasteiger partial charge in [-0.25, -0.2) is 4.39 Å². The minimum Gasteiger partial charge on any atom is -0.396 e. The van der Waals surface area contributed by atoms with Crippen LogP contribution < -0.4 is 21.7 Å². The molecule has 0 spiro atoms. The van der Waals surface area contributed by atoms with Crippen molar-refractivity contribution in [3.8, 4) is 0 Å². The second-order valence-corrected chi connectivity index (χ2v) is 9.17. The van der Waals surface area contributed by atoms with Crippen molar-refractivity contribution in [3.05, 3.63) is 41.4 Å². The van der Waals surface area contributed by atoms with E-state index in [-0.39, 0.29) is 34.7 Å². The Hall–Kier alpha value is -2.26. The summed E-state index contributed by atoms with van der Waals surface area (Å²) in [7, 11) is 0. The molecule has 1 heterocycles. The lowest BCUT2D eigenvalue weighted by molar-refractivity contribution is -0.117. The van der Waals surface area contributed by atoms with E-state index in [1.165, 1.54) is 18.2 Å². The average Bonchev–Trinajstić information content (AvgIpc) is 3.23. The lowest BCUT2D eigenvalue weighted by atomic mass is 10.1. The number of amides is 2. The molecular weight excluding hydrogens is 419 g/mol. The summed E-state index contributed by atoms with van der Waals surface area (Å²) in [6, 6.07) is 3.93. The number of thioether (sulfide) groups is 1. The summed E-state index contributed by atoms with van der Waals surface area (Å²) >= 11 is 1.71. The van der Waals surface area contributed by atoms with E-state index < -0.39 is 5.82 Å². The average molecular weight is 453 g/mol. The molecule has 1 aliphatic rings. The number of nitrogen functional groups attached to an aromatic ring is 1. The lowest BCUT2D eigenvalue weighted by Crippen LogP contribution is -2.27. The molecule has 9 heteroatoms. The Bertz CT molecular complexity index is 775. The maximum Gasteiger partial charge on any atom is 0.251 e. The molecule has 0 bridgehead atoms. The Balaban J connectivity index is 1.50. The number of hydrogen-bond donors (Lipinski definition) is 5. The molecule has 0 radical (unpaired) electrons. The monoisotopic (exact) mass is 452 g/mol. The molecule has 0 aliphatic carbocycles. The van der Waals surface area contributed by atoms with Crippen LogP contribution in [0.2, 0.25) is 0 Å². The lowest BCUT2D eigenvalue weighted by Gasteiger charge is -2.11. The van der Waals surface area contributed by atoms with Gasteiger partial charge in [-0.2, -0.15) is 0 Å². The van der Waals surface area contributed by atoms with E-state index in [1.54, 1.807) is 24.9 Å². The number of nitrogens with two attached hydrogens (primary N) is 1. The first-order valence-electron chi connectivity index (χ1n) is 10.7. The summed E-state index contributed by atoms with van der Waals surface area (Å²) in [5.74, 6) is -0.882. The fourth-order valence-electron chi connectivity index (χ4n) is 3.18. The van der Waals surface area contributed by atoms with Crippen molar-refractivity contribution in [2.45, 2.75) is 56.1 Å². The maximum absolute atomic E-state index is 13.1. The second kappa shape index (κ2) is 13.2. The van der Waals surface area contributed by atoms with Gasteiger partial charge in [0.15, 0.2) is 0 Å². The molecule has 2 rings (SSSR count). The van der Waals surface area contributed by atoms with Crippen molar-refractivity contribution in [1.82, 2.24) is 16.0 Å². The molecule has 1 aromatic rings. The highest BCUT2D eigenvalue weighted by Gasteiger charge is 2.23. The van der Waals surface area contributed by atoms with Gasteiger partial charge < -0.3 is 26.8 Å². The third kappa shape index (κ3) is 8.78. The molecule has 2 amide bonds. The third-order valence-electron chi connectivity index (χ3n) is 5.09. The third-order valence-corrected chi connectivity index (χ3v) is 6.56. The van der Waals surface area contributed by atoms with Gasteiger partial charge in [-0.05, 0) is 50.8 Å². The summed E-state index contributed by atoms with van der Waals surface area (Å²) in [6.45, 7) is 3.12. The van der Waals surface area contributed by atoms with E-state index >= 15 is 0 Å². The Morgan fingerprint density at radius 3 is 2.55 bits per heavy atom. The largest absolute Gasteiger partial charge is 0.396 e. The number of rotatable bonds is 12. The molecule has 7 nitrogen and oxygen atoms in total. The van der Waals surface area contributed by atoms with Gasteiger partial charge in [-0.1, -0.05) is 12.8 Å². The Labute approximate surface area is 187 Å². The van der Waals surface area contributed by atoms with E-state index in [9.17, 15) is 14.0 Å². The number of unbranched alkanes of at least 4 members (excludes halogenated alkanes) is 3. The van der Waals surface area contributed by atoms with Crippen LogP contribution in [0.5, 0.6) is 0 Å². The Morgan fingerprint density at radius 2 is 1.90 bits per heavy atom. The van der Waals surface area contributed by atoms with Crippen LogP contribution in [0.15, 0.2) is 30.0 Å². The zero-order valence-corrected chi connectivity index (χ0v) is 18.8. The number of nitrogens with one attached hydrogen (secondary N) is 3. The molecule has 0 aromatic heterocycles. The van der Waals surface area contributed by atoms with Gasteiger partial charge in [-0.15, -0.1) is 11.8 Å². The molecule has 1 aliphatic heterocycles. The molecule has 0 unspecified atom stereocenters. The van der Waals surface area contributed by atoms with Gasteiger partial charge in [-0.3, -0.25) is 9.59 Å². The minimum absolute atomic E-state index is 0.0386. The summed E-state index contributed by atoms with van der Waals surface area (Å²) in [5.41, 5.74) is 6.42. The SMILES string of the molecule is C/C(=C/N[C@H]1CC[C@@H](CO)S1)C(=O)NCCCCCCNC(=O)c1ccc(F)c(N)c1. The molecule has 1 saturated heterocycles. The predicted octanol–water partition coefficient (Wildman–Crippen LogP) is 2.52. The normalized spacial score (nSPS) is 18.6. The first-order chi connectivity index (χ1) is 14.9. The quantitative estimate of drug-likeness (QED) is 0.189. The maximum atomic E-state index is 13.1. The fraction of sp³-hybridized carbons (Fsp3) is 0.545. The second-order valence-electron chi connectivity index (χ2n) is 7.66. The number of carbonyl (C=O) groups excluding carboxylic acids is 2. The van der Waals surface area contributed by atoms with Crippen molar-refractivity contribution >= 4 is 29.3 Å². The van der Waals surface area contributed by atoms with Crippen LogP contribution in [0, 0.1) is 5.82 Å². The van der Waals surface area contributed by atoms with E-state index in [0.717, 1.165) is 38.5 Å². The number of aliphatic hydroxyl groups is 1. The van der Waals surface area contributed by atoms with E-state index in [1.807, 2.05) is 0 Å². The molecule has 172 valence electrons. The summed E-state index contributed by atoms with van der Waals surface area (Å²) in [5, 5.41) is 18.7. The van der Waals surface area contributed by atoms with Crippen LogP contribution in [0.3, 0.4) is 0 Å². The molecule has 2 atom stereocenters. The summed E-state index contributed by atoms with van der Waals surface area (Å²) in [4.78, 5) is 24.1. The van der Waals surface area contributed by atoms with Gasteiger partial charge in [0, 0.05) is 35.7 Å². The first-order valence-corrected chi connectivity index (χ1v) is 11.7. The number of benzene rings is 1. The van der Waals surface area contributed by atoms with Crippen LogP contribution >= 0.6 is 11.8 Å². The van der Waals surface area contributed by atoms with Crippen molar-refractivity contribution < 1.29 is 19.1 Å². The molecular formula is C22H33FN4O3S. The van der Waals surface area contributed by atoms with E-state index in [0.29, 0.717) is 24.2 Å². The molecule has 1 fully saturated rings. The number of hydrogen-bond acceptors (Lipinski definition) is 6. The number of halogens is 1. The first kappa shape index (κ1) is 25.0. The highest BCUT2D eigenvalue weighted by molar-refractivity contribution is 8.00. The Morgan fingerprint density at radius 1 is 1.19 bits per heavy atom. The van der Waals surface area contributed by atoms with E-state index in [4.69, 9.17) is 10.8 Å². The molecule has 6 N–H and O–H groups in total. The van der Waals surface area contributed by atoms with Gasteiger partial charge in [0.2, 0.25) is 5.91 Å². The zero-order chi connectivity index (χ0) is 22.6. The molecule has 0 saturated carbocycles. The van der Waals surface area contributed by atoms with Crippen LogP contribution in [-0.2, 0) is 4.79 Å². The van der Waals surface area contributed by atoms with E-state index in [2.05, 4.69) is 16.0 Å². The Kier molecular flexibility index (Phi) is 10.7.